The molecule has 0 aliphatic carbocycles. The van der Waals surface area contributed by atoms with E-state index in [-0.39, 0.29) is 12.4 Å². The Morgan fingerprint density at radius 2 is 1.92 bits per heavy atom. The Morgan fingerprint density at radius 3 is 2.54 bits per heavy atom. The minimum absolute atomic E-state index is 0.0371. The molecule has 0 fully saturated rings. The number of carbonyl (C=O) groups excluding carboxylic acids is 1. The molecular weight excluding hydrogens is 306 g/mol. The molecule has 0 aliphatic rings. The molecule has 2 aromatic heterocycles. The highest BCUT2D eigenvalue weighted by Crippen LogP contribution is 2.26. The molecule has 0 saturated carbocycles. The van der Waals surface area contributed by atoms with Gasteiger partial charge in [0.15, 0.2) is 5.65 Å². The first-order chi connectivity index (χ1) is 11.5. The molecule has 3 aromatic rings. The molecule has 0 radical (unpaired) electrons. The normalized spacial score (nSPS) is 10.8. The Labute approximate surface area is 139 Å². The maximum Gasteiger partial charge on any atom is 0.378 e. The molecule has 0 N–H and O–H groups in total. The predicted molar refractivity (Wildman–Crippen MR) is 91.2 cm³/mol. The van der Waals surface area contributed by atoms with Crippen LogP contribution < -0.4 is 4.90 Å². The van der Waals surface area contributed by atoms with Gasteiger partial charge in [0.2, 0.25) is 5.95 Å². The van der Waals surface area contributed by atoms with Gasteiger partial charge in [-0.1, -0.05) is 30.3 Å². The number of carbonyl (C=O) groups is 1. The largest absolute Gasteiger partial charge is 0.460 e. The average Bonchev–Trinajstić information content (AvgIpc) is 3.02. The van der Waals surface area contributed by atoms with E-state index in [2.05, 4.69) is 10.1 Å². The molecule has 7 nitrogen and oxygen atoms in total. The van der Waals surface area contributed by atoms with Crippen LogP contribution in [0.4, 0.5) is 5.95 Å². The second kappa shape index (κ2) is 6.27. The Balaban J connectivity index is 2.26. The predicted octanol–water partition coefficient (Wildman–Crippen LogP) is 2.34. The fourth-order valence-corrected chi connectivity index (χ4v) is 2.48. The van der Waals surface area contributed by atoms with E-state index in [9.17, 15) is 4.79 Å². The van der Waals surface area contributed by atoms with Crippen LogP contribution in [0.5, 0.6) is 0 Å². The van der Waals surface area contributed by atoms with Gasteiger partial charge in [-0.2, -0.15) is 4.52 Å². The van der Waals surface area contributed by atoms with Gasteiger partial charge in [-0.3, -0.25) is 0 Å². The summed E-state index contributed by atoms with van der Waals surface area (Å²) >= 11 is 0. The lowest BCUT2D eigenvalue weighted by molar-refractivity contribution is 0.0512. The van der Waals surface area contributed by atoms with Crippen LogP contribution in [0.3, 0.4) is 0 Å². The summed E-state index contributed by atoms with van der Waals surface area (Å²) in [7, 11) is 3.75. The van der Waals surface area contributed by atoms with E-state index in [1.54, 1.807) is 11.4 Å². The zero-order valence-electron chi connectivity index (χ0n) is 14.1. The van der Waals surface area contributed by atoms with E-state index < -0.39 is 5.97 Å². The number of hydrogen-bond acceptors (Lipinski definition) is 6. The molecule has 2 heterocycles. The topological polar surface area (TPSA) is 72.6 Å². The molecule has 0 spiro atoms. The summed E-state index contributed by atoms with van der Waals surface area (Å²) in [5.41, 5.74) is 3.25. The number of aryl methyl sites for hydroxylation is 1. The number of esters is 1. The van der Waals surface area contributed by atoms with E-state index in [0.29, 0.717) is 11.6 Å². The van der Waals surface area contributed by atoms with Gasteiger partial charge in [-0.05, 0) is 13.8 Å². The maximum absolute atomic E-state index is 12.0. The molecule has 0 saturated heterocycles. The van der Waals surface area contributed by atoms with Crippen LogP contribution in [0.25, 0.3) is 16.9 Å². The lowest BCUT2D eigenvalue weighted by Crippen LogP contribution is -2.17. The number of nitrogens with zero attached hydrogens (tertiary/aromatic N) is 5. The summed E-state index contributed by atoms with van der Waals surface area (Å²) in [4.78, 5) is 22.9. The second-order valence-corrected chi connectivity index (χ2v) is 5.54. The highest BCUT2D eigenvalue weighted by molar-refractivity contribution is 5.86. The first-order valence-corrected chi connectivity index (χ1v) is 7.70. The third kappa shape index (κ3) is 2.68. The molecule has 3 rings (SSSR count). The first kappa shape index (κ1) is 15.9. The van der Waals surface area contributed by atoms with Crippen LogP contribution in [0.1, 0.15) is 23.1 Å². The Morgan fingerprint density at radius 1 is 1.21 bits per heavy atom. The van der Waals surface area contributed by atoms with Crippen LogP contribution in [0.2, 0.25) is 0 Å². The summed E-state index contributed by atoms with van der Waals surface area (Å²) in [6.07, 6.45) is 0. The average molecular weight is 325 g/mol. The zero-order chi connectivity index (χ0) is 17.3. The van der Waals surface area contributed by atoms with Crippen LogP contribution in [-0.2, 0) is 4.74 Å². The molecule has 7 heteroatoms. The summed E-state index contributed by atoms with van der Waals surface area (Å²) in [5.74, 6) is 0.0964. The Kier molecular flexibility index (Phi) is 4.16. The van der Waals surface area contributed by atoms with Crippen molar-refractivity contribution in [2.24, 2.45) is 0 Å². The third-order valence-corrected chi connectivity index (χ3v) is 3.60. The standard InChI is InChI=1S/C17H19N5O2/c1-5-24-16(23)14-19-15-11(2)13(12-9-7-6-8-10-12)18-17(21(3)4)22(15)20-14/h6-10H,5H2,1-4H3. The van der Waals surface area contributed by atoms with Gasteiger partial charge in [-0.25, -0.2) is 14.8 Å². The first-order valence-electron chi connectivity index (χ1n) is 7.70. The number of rotatable bonds is 4. The van der Waals surface area contributed by atoms with Crippen LogP contribution in [0, 0.1) is 6.92 Å². The van der Waals surface area contributed by atoms with Gasteiger partial charge in [0.1, 0.15) is 0 Å². The fourth-order valence-electron chi connectivity index (χ4n) is 2.48. The van der Waals surface area contributed by atoms with Gasteiger partial charge < -0.3 is 9.64 Å². The smallest absolute Gasteiger partial charge is 0.378 e. The molecule has 24 heavy (non-hydrogen) atoms. The van der Waals surface area contributed by atoms with E-state index in [1.807, 2.05) is 56.3 Å². The highest BCUT2D eigenvalue weighted by Gasteiger charge is 2.21. The van der Waals surface area contributed by atoms with Gasteiger partial charge in [-0.15, -0.1) is 5.10 Å². The van der Waals surface area contributed by atoms with Crippen molar-refractivity contribution in [3.05, 3.63) is 41.7 Å². The fraction of sp³-hybridized carbons (Fsp3) is 0.294. The number of anilines is 1. The van der Waals surface area contributed by atoms with Crippen LogP contribution in [-0.4, -0.2) is 46.3 Å². The van der Waals surface area contributed by atoms with E-state index >= 15 is 0 Å². The lowest BCUT2D eigenvalue weighted by atomic mass is 10.1. The van der Waals surface area contributed by atoms with Crippen molar-refractivity contribution in [3.8, 4) is 11.3 Å². The van der Waals surface area contributed by atoms with Gasteiger partial charge in [0, 0.05) is 25.2 Å². The number of aromatic nitrogens is 4. The molecular formula is C17H19N5O2. The highest BCUT2D eigenvalue weighted by atomic mass is 16.5. The monoisotopic (exact) mass is 325 g/mol. The summed E-state index contributed by atoms with van der Waals surface area (Å²) < 4.78 is 6.58. The number of fused-ring (bicyclic) bond motifs is 1. The van der Waals surface area contributed by atoms with Crippen molar-refractivity contribution in [1.29, 1.82) is 0 Å². The summed E-state index contributed by atoms with van der Waals surface area (Å²) in [5, 5.41) is 4.27. The SMILES string of the molecule is CCOC(=O)c1nc2c(C)c(-c3ccccc3)nc(N(C)C)n2n1. The van der Waals surface area contributed by atoms with Gasteiger partial charge in [0.05, 0.1) is 12.3 Å². The second-order valence-electron chi connectivity index (χ2n) is 5.54. The van der Waals surface area contributed by atoms with Gasteiger partial charge >= 0.3 is 5.97 Å². The Bertz CT molecular complexity index is 887. The van der Waals surface area contributed by atoms with Crippen molar-refractivity contribution in [3.63, 3.8) is 0 Å². The molecule has 0 bridgehead atoms. The number of hydrogen-bond donors (Lipinski definition) is 0. The number of benzene rings is 1. The molecule has 0 amide bonds. The molecule has 0 atom stereocenters. The van der Waals surface area contributed by atoms with E-state index in [4.69, 9.17) is 9.72 Å². The van der Waals surface area contributed by atoms with Gasteiger partial charge in [0.25, 0.3) is 5.82 Å². The minimum Gasteiger partial charge on any atom is -0.460 e. The maximum atomic E-state index is 12.0. The summed E-state index contributed by atoms with van der Waals surface area (Å²) in [6.45, 7) is 3.95. The molecule has 1 aromatic carbocycles. The number of ether oxygens (including phenoxy) is 1. The third-order valence-electron chi connectivity index (χ3n) is 3.60. The summed E-state index contributed by atoms with van der Waals surface area (Å²) in [6, 6.07) is 9.87. The quantitative estimate of drug-likeness (QED) is 0.686. The minimum atomic E-state index is -0.536. The van der Waals surface area contributed by atoms with Crippen molar-refractivity contribution < 1.29 is 9.53 Å². The van der Waals surface area contributed by atoms with Crippen LogP contribution >= 0.6 is 0 Å². The van der Waals surface area contributed by atoms with Crippen molar-refractivity contribution in [2.75, 3.05) is 25.6 Å². The van der Waals surface area contributed by atoms with Crippen molar-refractivity contribution in [1.82, 2.24) is 19.6 Å². The zero-order valence-corrected chi connectivity index (χ0v) is 14.1. The van der Waals surface area contributed by atoms with Crippen LogP contribution in [0.15, 0.2) is 30.3 Å². The van der Waals surface area contributed by atoms with E-state index in [1.165, 1.54) is 0 Å². The van der Waals surface area contributed by atoms with Crippen molar-refractivity contribution in [2.45, 2.75) is 13.8 Å². The lowest BCUT2D eigenvalue weighted by Gasteiger charge is -2.15. The van der Waals surface area contributed by atoms with E-state index in [0.717, 1.165) is 16.8 Å². The molecule has 0 aliphatic heterocycles. The van der Waals surface area contributed by atoms with Crippen molar-refractivity contribution >= 4 is 17.6 Å². The Hall–Kier alpha value is -2.96. The molecule has 0 unspecified atom stereocenters. The molecule has 124 valence electrons.